The van der Waals surface area contributed by atoms with E-state index in [1.54, 1.807) is 0 Å². The van der Waals surface area contributed by atoms with Gasteiger partial charge in [-0.2, -0.15) is 0 Å². The minimum Gasteiger partial charge on any atom is -0.147 e. The Morgan fingerprint density at radius 2 is 1.75 bits per heavy atom. The summed E-state index contributed by atoms with van der Waals surface area (Å²) < 4.78 is 0. The van der Waals surface area contributed by atoms with Crippen molar-refractivity contribution in [3.8, 4) is 0 Å². The summed E-state index contributed by atoms with van der Waals surface area (Å²) in [4.78, 5) is -0.313. The molecule has 0 aliphatic rings. The maximum Gasteiger partial charge on any atom is 0.274 e. The van der Waals surface area contributed by atoms with Crippen LogP contribution in [0.4, 0.5) is 0 Å². The first-order valence-corrected chi connectivity index (χ1v) is 6.68. The fraction of sp³-hybridized carbons (Fsp3) is 1.00. The molecular formula is C3H5Cl4Si. The molecule has 0 aromatic rings. The van der Waals surface area contributed by atoms with Crippen LogP contribution < -0.4 is 0 Å². The Balaban J connectivity index is 2.93. The minimum atomic E-state index is -1.15. The molecule has 0 bridgehead atoms. The lowest BCUT2D eigenvalue weighted by Crippen LogP contribution is -1.95. The number of rotatable bonds is 3. The Kier molecular flexibility index (Phi) is 6.08. The molecule has 0 aromatic heterocycles. The molecule has 0 spiro atoms. The SMILES string of the molecule is ClC(Cl)CC[Si](Cl)Cl. The topological polar surface area (TPSA) is 0 Å². The Labute approximate surface area is 70.1 Å². The molecule has 49 valence electrons. The van der Waals surface area contributed by atoms with Crippen LogP contribution in [0.3, 0.4) is 0 Å². The second kappa shape index (κ2) is 5.18. The van der Waals surface area contributed by atoms with E-state index in [9.17, 15) is 0 Å². The molecule has 0 aliphatic heterocycles. The average molecular weight is 211 g/mol. The highest BCUT2D eigenvalue weighted by molar-refractivity contribution is 7.33. The second-order valence-electron chi connectivity index (χ2n) is 1.27. The highest BCUT2D eigenvalue weighted by Crippen LogP contribution is 2.14. The highest BCUT2D eigenvalue weighted by Gasteiger charge is 2.05. The lowest BCUT2D eigenvalue weighted by atomic mass is 10.6. The van der Waals surface area contributed by atoms with Gasteiger partial charge in [0, 0.05) is 0 Å². The van der Waals surface area contributed by atoms with Gasteiger partial charge in [0.15, 0.2) is 0 Å². The van der Waals surface area contributed by atoms with Gasteiger partial charge in [0.1, 0.15) is 4.84 Å². The molecule has 0 aliphatic carbocycles. The summed E-state index contributed by atoms with van der Waals surface area (Å²) in [7, 11) is -1.15. The maximum atomic E-state index is 5.47. The average Bonchev–Trinajstić information content (AvgIpc) is 1.61. The van der Waals surface area contributed by atoms with Crippen molar-refractivity contribution in [2.24, 2.45) is 0 Å². The molecule has 0 atom stereocenters. The monoisotopic (exact) mass is 209 g/mol. The normalized spacial score (nSPS) is 11.2. The Bertz CT molecular complexity index is 47.2. The van der Waals surface area contributed by atoms with Crippen LogP contribution in [0, 0.1) is 0 Å². The Morgan fingerprint density at radius 1 is 1.25 bits per heavy atom. The summed E-state index contributed by atoms with van der Waals surface area (Å²) in [5.74, 6) is 0. The van der Waals surface area contributed by atoms with Crippen LogP contribution in [-0.4, -0.2) is 12.3 Å². The van der Waals surface area contributed by atoms with Gasteiger partial charge >= 0.3 is 0 Å². The summed E-state index contributed by atoms with van der Waals surface area (Å²) >= 11 is 21.7. The zero-order valence-corrected chi connectivity index (χ0v) is 8.03. The van der Waals surface area contributed by atoms with Gasteiger partial charge in [-0.05, 0) is 12.5 Å². The van der Waals surface area contributed by atoms with E-state index in [1.165, 1.54) is 0 Å². The molecular weight excluding hydrogens is 206 g/mol. The second-order valence-corrected chi connectivity index (χ2v) is 7.04. The number of alkyl halides is 2. The van der Waals surface area contributed by atoms with Gasteiger partial charge in [0.05, 0.1) is 0 Å². The third-order valence-corrected chi connectivity index (χ3v) is 2.79. The smallest absolute Gasteiger partial charge is 0.147 e. The van der Waals surface area contributed by atoms with Crippen molar-refractivity contribution >= 4 is 52.8 Å². The van der Waals surface area contributed by atoms with Crippen molar-refractivity contribution in [2.45, 2.75) is 17.3 Å². The standard InChI is InChI=1S/C3H5Cl4Si/c4-3(5)1-2-8(6)7/h3H,1-2H2. The summed E-state index contributed by atoms with van der Waals surface area (Å²) in [5, 5.41) is 0. The fourth-order valence-electron chi connectivity index (χ4n) is 0.218. The van der Waals surface area contributed by atoms with Gasteiger partial charge in [-0.3, -0.25) is 0 Å². The molecule has 8 heavy (non-hydrogen) atoms. The van der Waals surface area contributed by atoms with E-state index in [1.807, 2.05) is 0 Å². The molecule has 5 heteroatoms. The van der Waals surface area contributed by atoms with E-state index in [4.69, 9.17) is 45.4 Å². The van der Waals surface area contributed by atoms with Gasteiger partial charge < -0.3 is 0 Å². The van der Waals surface area contributed by atoms with Crippen LogP contribution >= 0.6 is 45.4 Å². The summed E-state index contributed by atoms with van der Waals surface area (Å²) in [6.45, 7) is 0. The predicted molar refractivity (Wildman–Crippen MR) is 42.4 cm³/mol. The van der Waals surface area contributed by atoms with Crippen molar-refractivity contribution in [2.75, 3.05) is 0 Å². The third kappa shape index (κ3) is 7.38. The summed E-state index contributed by atoms with van der Waals surface area (Å²) in [6, 6.07) is 0.755. The zero-order valence-electron chi connectivity index (χ0n) is 4.00. The van der Waals surface area contributed by atoms with Crippen molar-refractivity contribution in [1.82, 2.24) is 0 Å². The van der Waals surface area contributed by atoms with E-state index in [0.29, 0.717) is 6.42 Å². The molecule has 0 fully saturated rings. The third-order valence-electron chi connectivity index (χ3n) is 0.552. The van der Waals surface area contributed by atoms with E-state index in [0.717, 1.165) is 6.04 Å². The first-order valence-electron chi connectivity index (χ1n) is 2.08. The van der Waals surface area contributed by atoms with Crippen molar-refractivity contribution in [3.63, 3.8) is 0 Å². The van der Waals surface area contributed by atoms with Crippen LogP contribution in [0.5, 0.6) is 0 Å². The van der Waals surface area contributed by atoms with E-state index >= 15 is 0 Å². The zero-order chi connectivity index (χ0) is 6.57. The molecule has 0 saturated heterocycles. The van der Waals surface area contributed by atoms with E-state index < -0.39 is 7.42 Å². The number of hydrogen-bond acceptors (Lipinski definition) is 0. The number of hydrogen-bond donors (Lipinski definition) is 0. The minimum absolute atomic E-state index is 0.313. The molecule has 0 unspecified atom stereocenters. The van der Waals surface area contributed by atoms with Crippen LogP contribution in [0.15, 0.2) is 0 Å². The van der Waals surface area contributed by atoms with Crippen LogP contribution in [0.1, 0.15) is 6.42 Å². The quantitative estimate of drug-likeness (QED) is 0.382. The van der Waals surface area contributed by atoms with Crippen LogP contribution in [-0.2, 0) is 0 Å². The predicted octanol–water partition coefficient (Wildman–Crippen LogP) is 3.15. The van der Waals surface area contributed by atoms with Gasteiger partial charge in [-0.25, -0.2) is 0 Å². The van der Waals surface area contributed by atoms with Crippen molar-refractivity contribution < 1.29 is 0 Å². The molecule has 0 saturated carbocycles. The van der Waals surface area contributed by atoms with E-state index in [2.05, 4.69) is 0 Å². The molecule has 1 radical (unpaired) electrons. The summed E-state index contributed by atoms with van der Waals surface area (Å²) in [6.07, 6.45) is 0.699. The van der Waals surface area contributed by atoms with Gasteiger partial charge in [0.25, 0.3) is 7.42 Å². The molecule has 0 rings (SSSR count). The van der Waals surface area contributed by atoms with Gasteiger partial charge in [0.2, 0.25) is 0 Å². The first kappa shape index (κ1) is 9.38. The van der Waals surface area contributed by atoms with Gasteiger partial charge in [-0.15, -0.1) is 45.4 Å². The van der Waals surface area contributed by atoms with Crippen molar-refractivity contribution in [1.29, 1.82) is 0 Å². The first-order chi connectivity index (χ1) is 3.63. The van der Waals surface area contributed by atoms with E-state index in [-0.39, 0.29) is 4.84 Å². The lowest BCUT2D eigenvalue weighted by molar-refractivity contribution is 1.03. The molecule has 0 amide bonds. The Hall–Kier alpha value is 1.38. The van der Waals surface area contributed by atoms with Crippen LogP contribution in [0.25, 0.3) is 0 Å². The summed E-state index contributed by atoms with van der Waals surface area (Å²) in [5.41, 5.74) is 0. The van der Waals surface area contributed by atoms with Gasteiger partial charge in [-0.1, -0.05) is 0 Å². The molecule has 0 aromatic carbocycles. The number of halogens is 4. The molecule has 0 N–H and O–H groups in total. The van der Waals surface area contributed by atoms with Crippen LogP contribution in [0.2, 0.25) is 6.04 Å². The molecule has 0 nitrogen and oxygen atoms in total. The largest absolute Gasteiger partial charge is 0.274 e. The fourth-order valence-corrected chi connectivity index (χ4v) is 1.96. The lowest BCUT2D eigenvalue weighted by Gasteiger charge is -1.97. The Morgan fingerprint density at radius 3 is 1.88 bits per heavy atom. The molecule has 0 heterocycles. The highest BCUT2D eigenvalue weighted by atomic mass is 35.7. The van der Waals surface area contributed by atoms with Crippen molar-refractivity contribution in [3.05, 3.63) is 0 Å². The maximum absolute atomic E-state index is 5.47.